The molecule has 0 aliphatic carbocycles. The Morgan fingerprint density at radius 2 is 1.98 bits per heavy atom. The van der Waals surface area contributed by atoms with Crippen molar-refractivity contribution < 1.29 is 9.53 Å². The van der Waals surface area contributed by atoms with E-state index in [0.717, 1.165) is 92.3 Å². The fourth-order valence-corrected chi connectivity index (χ4v) is 6.97. The lowest BCUT2D eigenvalue weighted by Crippen LogP contribution is -2.25. The Morgan fingerprint density at radius 3 is 2.84 bits per heavy atom. The second kappa shape index (κ2) is 12.6. The molecular weight excluding hydrogens is 568 g/mol. The first kappa shape index (κ1) is 28.2. The minimum absolute atomic E-state index is 0.0854. The van der Waals surface area contributed by atoms with E-state index in [0.29, 0.717) is 13.2 Å². The number of fused-ring (bicyclic) bond motifs is 2. The summed E-state index contributed by atoms with van der Waals surface area (Å²) < 4.78 is 6.12. The van der Waals surface area contributed by atoms with Crippen LogP contribution in [0.25, 0.3) is 16.7 Å². The SMILES string of the molecule is CC(=O)c1ccc(C2=CC=CNc3[nH]c(C4=CCN/C5=C\CNC=C(c6cncc(OCCN7CCCC7)c6)/C=C/45)cc32)s1. The maximum absolute atomic E-state index is 12.0. The minimum atomic E-state index is 0.0854. The van der Waals surface area contributed by atoms with Crippen molar-refractivity contribution in [1.82, 2.24) is 25.5 Å². The van der Waals surface area contributed by atoms with Crippen molar-refractivity contribution in [2.24, 2.45) is 0 Å². The molecule has 4 aliphatic heterocycles. The Labute approximate surface area is 261 Å². The van der Waals surface area contributed by atoms with Crippen molar-refractivity contribution >= 4 is 39.7 Å². The van der Waals surface area contributed by atoms with E-state index in [1.807, 2.05) is 30.6 Å². The number of anilines is 1. The largest absolute Gasteiger partial charge is 0.491 e. The number of likely N-dealkylation sites (tertiary alicyclic amines) is 1. The van der Waals surface area contributed by atoms with Crippen molar-refractivity contribution in [3.8, 4) is 5.75 Å². The molecule has 4 N–H and O–H groups in total. The summed E-state index contributed by atoms with van der Waals surface area (Å²) >= 11 is 1.53. The normalized spacial score (nSPS) is 20.3. The van der Waals surface area contributed by atoms with Crippen LogP contribution in [0, 0.1) is 0 Å². The van der Waals surface area contributed by atoms with Crippen LogP contribution in [0.5, 0.6) is 5.75 Å². The van der Waals surface area contributed by atoms with Crippen molar-refractivity contribution in [1.29, 1.82) is 0 Å². The highest BCUT2D eigenvalue weighted by Crippen LogP contribution is 2.40. The van der Waals surface area contributed by atoms with Gasteiger partial charge in [-0.2, -0.15) is 0 Å². The summed E-state index contributed by atoms with van der Waals surface area (Å²) in [6.07, 6.45) is 21.0. The number of aromatic amines is 1. The van der Waals surface area contributed by atoms with E-state index in [-0.39, 0.29) is 5.78 Å². The van der Waals surface area contributed by atoms with Crippen molar-refractivity contribution in [3.05, 3.63) is 117 Å². The van der Waals surface area contributed by atoms with Crippen molar-refractivity contribution in [2.75, 3.05) is 44.6 Å². The number of carbonyl (C=O) groups is 1. The highest BCUT2D eigenvalue weighted by atomic mass is 32.1. The maximum Gasteiger partial charge on any atom is 0.169 e. The zero-order chi connectivity index (χ0) is 29.9. The number of hydrogen-bond donors (Lipinski definition) is 4. The van der Waals surface area contributed by atoms with E-state index in [9.17, 15) is 4.79 Å². The highest BCUT2D eigenvalue weighted by Gasteiger charge is 2.24. The summed E-state index contributed by atoms with van der Waals surface area (Å²) in [6.45, 7) is 6.97. The van der Waals surface area contributed by atoms with E-state index >= 15 is 0 Å². The van der Waals surface area contributed by atoms with E-state index < -0.39 is 0 Å². The average Bonchev–Trinajstić information content (AvgIpc) is 3.78. The Morgan fingerprint density at radius 1 is 1.07 bits per heavy atom. The minimum Gasteiger partial charge on any atom is -0.491 e. The van der Waals surface area contributed by atoms with E-state index in [1.54, 1.807) is 13.1 Å². The van der Waals surface area contributed by atoms with E-state index in [4.69, 9.17) is 4.74 Å². The Balaban J connectivity index is 1.19. The number of nitrogens with zero attached hydrogens (tertiary/aromatic N) is 2. The number of pyridine rings is 1. The number of H-pyrrole nitrogens is 1. The molecule has 0 spiro atoms. The van der Waals surface area contributed by atoms with Crippen LogP contribution in [-0.2, 0) is 0 Å². The lowest BCUT2D eigenvalue weighted by Gasteiger charge is -2.24. The van der Waals surface area contributed by atoms with Gasteiger partial charge in [-0.3, -0.25) is 14.7 Å². The van der Waals surface area contributed by atoms with E-state index in [1.165, 1.54) is 24.2 Å². The number of allylic oxidation sites excluding steroid dienone is 5. The number of Topliss-reactive ketones (excluding diaryl/α,β-unsaturated/α-hetero) is 1. The highest BCUT2D eigenvalue weighted by molar-refractivity contribution is 7.15. The molecule has 8 nitrogen and oxygen atoms in total. The fraction of sp³-hybridized carbons (Fsp3) is 0.257. The van der Waals surface area contributed by atoms with Crippen LogP contribution in [0.2, 0.25) is 0 Å². The van der Waals surface area contributed by atoms with Gasteiger partial charge in [-0.05, 0) is 80.9 Å². The molecule has 7 heterocycles. The van der Waals surface area contributed by atoms with Gasteiger partial charge in [-0.25, -0.2) is 0 Å². The number of hydrogen-bond acceptors (Lipinski definition) is 8. The number of thiophene rings is 1. The van der Waals surface area contributed by atoms with Gasteiger partial charge in [-0.1, -0.05) is 12.2 Å². The molecule has 0 amide bonds. The maximum atomic E-state index is 12.0. The summed E-state index contributed by atoms with van der Waals surface area (Å²) in [5.74, 6) is 1.79. The summed E-state index contributed by atoms with van der Waals surface area (Å²) in [5, 5.41) is 10.4. The lowest BCUT2D eigenvalue weighted by atomic mass is 9.91. The summed E-state index contributed by atoms with van der Waals surface area (Å²) in [7, 11) is 0. The van der Waals surface area contributed by atoms with Crippen LogP contribution >= 0.6 is 11.3 Å². The molecule has 4 aliphatic rings. The first-order chi connectivity index (χ1) is 21.6. The zero-order valence-electron chi connectivity index (χ0n) is 24.8. The molecule has 1 saturated heterocycles. The van der Waals surface area contributed by atoms with E-state index in [2.05, 4.69) is 73.5 Å². The van der Waals surface area contributed by atoms with Crippen LogP contribution in [0.15, 0.2) is 90.7 Å². The molecule has 0 aromatic carbocycles. The number of ketones is 1. The second-order valence-electron chi connectivity index (χ2n) is 11.3. The molecule has 0 saturated carbocycles. The first-order valence-electron chi connectivity index (χ1n) is 15.2. The topological polar surface area (TPSA) is 94.3 Å². The van der Waals surface area contributed by atoms with Gasteiger partial charge in [0.05, 0.1) is 11.1 Å². The van der Waals surface area contributed by atoms with Gasteiger partial charge in [0.25, 0.3) is 0 Å². The standard InChI is InChI=1S/C35H36N6O2S/c1-23(42)33-6-7-34(44-33)28-5-4-10-39-35-30(28)19-32(40-35)27-8-12-38-31-9-11-36-20-25(18-29(27)31)24-17-26(22-37-21-24)43-16-15-41-13-2-3-14-41/h4-10,17-22,36,38-40H,2-3,11-16H2,1H3/b25-20?,29-18-,31-9-. The number of nitrogens with one attached hydrogen (secondary N) is 4. The first-order valence-corrected chi connectivity index (χ1v) is 16.0. The van der Waals surface area contributed by atoms with Gasteiger partial charge in [-0.15, -0.1) is 11.3 Å². The molecule has 3 aromatic rings. The molecule has 1 fully saturated rings. The molecule has 0 bridgehead atoms. The summed E-state index contributed by atoms with van der Waals surface area (Å²) in [6, 6.07) is 8.23. The third-order valence-corrected chi connectivity index (χ3v) is 9.50. The van der Waals surface area contributed by atoms with Gasteiger partial charge in [0.15, 0.2) is 5.78 Å². The predicted molar refractivity (Wildman–Crippen MR) is 178 cm³/mol. The number of aromatic nitrogens is 2. The molecular formula is C35H36N6O2S. The Kier molecular flexibility index (Phi) is 8.04. The monoisotopic (exact) mass is 604 g/mol. The van der Waals surface area contributed by atoms with Gasteiger partial charge in [0.1, 0.15) is 18.2 Å². The Hall–Kier alpha value is -4.60. The molecule has 3 aromatic heterocycles. The van der Waals surface area contributed by atoms with Crippen LogP contribution in [0.1, 0.15) is 51.1 Å². The lowest BCUT2D eigenvalue weighted by molar-refractivity contribution is 0.102. The van der Waals surface area contributed by atoms with Gasteiger partial charge in [0, 0.05) is 82.3 Å². The molecule has 9 heteroatoms. The van der Waals surface area contributed by atoms with Crippen molar-refractivity contribution in [3.63, 3.8) is 0 Å². The third-order valence-electron chi connectivity index (χ3n) is 8.29. The summed E-state index contributed by atoms with van der Waals surface area (Å²) in [5.41, 5.74) is 8.52. The molecule has 224 valence electrons. The summed E-state index contributed by atoms with van der Waals surface area (Å²) in [4.78, 5) is 24.5. The average molecular weight is 605 g/mol. The number of rotatable bonds is 8. The van der Waals surface area contributed by atoms with Crippen molar-refractivity contribution in [2.45, 2.75) is 19.8 Å². The van der Waals surface area contributed by atoms with Gasteiger partial charge >= 0.3 is 0 Å². The molecule has 0 atom stereocenters. The molecule has 44 heavy (non-hydrogen) atoms. The molecule has 0 unspecified atom stereocenters. The van der Waals surface area contributed by atoms with Gasteiger partial charge in [0.2, 0.25) is 0 Å². The predicted octanol–water partition coefficient (Wildman–Crippen LogP) is 5.96. The third kappa shape index (κ3) is 5.93. The smallest absolute Gasteiger partial charge is 0.169 e. The molecule has 7 rings (SSSR count). The van der Waals surface area contributed by atoms with Crippen LogP contribution in [0.3, 0.4) is 0 Å². The second-order valence-corrected chi connectivity index (χ2v) is 12.3. The Bertz CT molecular complexity index is 1760. The number of carbonyl (C=O) groups excluding carboxylic acids is 1. The van der Waals surface area contributed by atoms with Crippen LogP contribution in [-0.4, -0.2) is 60.0 Å². The quantitative estimate of drug-likeness (QED) is 0.236. The molecule has 0 radical (unpaired) electrons. The van der Waals surface area contributed by atoms with Crippen LogP contribution < -0.4 is 20.7 Å². The zero-order valence-corrected chi connectivity index (χ0v) is 25.6. The van der Waals surface area contributed by atoms with Gasteiger partial charge < -0.3 is 25.7 Å². The number of ether oxygens (including phenoxy) is 1. The fourth-order valence-electron chi connectivity index (χ4n) is 6.03. The van der Waals surface area contributed by atoms with Crippen LogP contribution in [0.4, 0.5) is 5.82 Å².